The molecule has 0 radical (unpaired) electrons. The molecule has 1 aliphatic heterocycles. The second-order valence-electron chi connectivity index (χ2n) is 3.89. The van der Waals surface area contributed by atoms with Crippen molar-refractivity contribution in [3.05, 3.63) is 0 Å². The summed E-state index contributed by atoms with van der Waals surface area (Å²) < 4.78 is 15.2. The van der Waals surface area contributed by atoms with Gasteiger partial charge < -0.3 is 14.2 Å². The van der Waals surface area contributed by atoms with E-state index in [-0.39, 0.29) is 5.92 Å². The van der Waals surface area contributed by atoms with Crippen LogP contribution in [0.3, 0.4) is 0 Å². The average Bonchev–Trinajstić information content (AvgIpc) is 2.94. The molecule has 0 aromatic rings. The third kappa shape index (κ3) is 5.12. The summed E-state index contributed by atoms with van der Waals surface area (Å²) in [5.74, 6) is 0.0817. The predicted octanol–water partition coefficient (Wildman–Crippen LogP) is 1.70. The lowest BCUT2D eigenvalue weighted by Crippen LogP contribution is -2.06. The quantitative estimate of drug-likeness (QED) is 0.350. The molecule has 1 saturated heterocycles. The zero-order valence-electron chi connectivity index (χ0n) is 9.44. The van der Waals surface area contributed by atoms with Crippen molar-refractivity contribution in [2.24, 2.45) is 5.92 Å². The molecule has 0 aromatic carbocycles. The molecule has 1 rings (SSSR count). The Morgan fingerprint density at radius 1 is 1.47 bits per heavy atom. The van der Waals surface area contributed by atoms with Gasteiger partial charge in [-0.1, -0.05) is 0 Å². The Kier molecular flexibility index (Phi) is 5.62. The van der Waals surface area contributed by atoms with Crippen molar-refractivity contribution in [1.29, 1.82) is 5.26 Å². The summed E-state index contributed by atoms with van der Waals surface area (Å²) in [6.45, 7) is 2.96. The fourth-order valence-electron chi connectivity index (χ4n) is 1.54. The molecule has 0 bridgehead atoms. The highest BCUT2D eigenvalue weighted by atomic mass is 16.7. The minimum absolute atomic E-state index is 0.0817. The van der Waals surface area contributed by atoms with Crippen LogP contribution in [0.2, 0.25) is 0 Å². The first-order valence-electron chi connectivity index (χ1n) is 5.39. The van der Waals surface area contributed by atoms with Crippen LogP contribution in [0, 0.1) is 17.2 Å². The van der Waals surface area contributed by atoms with Gasteiger partial charge in [0.2, 0.25) is 0 Å². The second-order valence-corrected chi connectivity index (χ2v) is 3.89. The maximum atomic E-state index is 8.90. The zero-order valence-corrected chi connectivity index (χ0v) is 9.44. The highest BCUT2D eigenvalue weighted by Gasteiger charge is 2.33. The van der Waals surface area contributed by atoms with Gasteiger partial charge >= 0.3 is 0 Å². The molecular formula is C11H19NO3. The lowest BCUT2D eigenvalue weighted by molar-refractivity contribution is -0.0333. The molecule has 0 saturated carbocycles. The van der Waals surface area contributed by atoms with Crippen molar-refractivity contribution in [2.45, 2.75) is 38.4 Å². The first-order valence-corrected chi connectivity index (χ1v) is 5.39. The molecule has 1 heterocycles. The summed E-state index contributed by atoms with van der Waals surface area (Å²) >= 11 is 0. The minimum atomic E-state index is 0.0817. The van der Waals surface area contributed by atoms with Crippen molar-refractivity contribution in [3.8, 4) is 6.07 Å². The Balaban J connectivity index is 2.00. The molecule has 1 fully saturated rings. The van der Waals surface area contributed by atoms with Crippen LogP contribution in [0.5, 0.6) is 0 Å². The normalized spacial score (nSPS) is 25.9. The summed E-state index contributed by atoms with van der Waals surface area (Å²) in [6, 6.07) is 2.30. The molecule has 0 unspecified atom stereocenters. The van der Waals surface area contributed by atoms with E-state index in [4.69, 9.17) is 19.5 Å². The van der Waals surface area contributed by atoms with E-state index in [1.165, 1.54) is 0 Å². The van der Waals surface area contributed by atoms with Crippen LogP contribution in [0.4, 0.5) is 0 Å². The van der Waals surface area contributed by atoms with E-state index in [0.717, 1.165) is 19.3 Å². The Labute approximate surface area is 91.1 Å². The molecule has 15 heavy (non-hydrogen) atoms. The number of nitriles is 1. The van der Waals surface area contributed by atoms with Crippen LogP contribution >= 0.6 is 0 Å². The minimum Gasteiger partial charge on any atom is -0.370 e. The SMILES string of the molecule is COCOCC[C@@H](C#N)CC[C@@H]1O[C@@H]1C. The summed E-state index contributed by atoms with van der Waals surface area (Å²) in [4.78, 5) is 0. The monoisotopic (exact) mass is 213 g/mol. The third-order valence-corrected chi connectivity index (χ3v) is 2.63. The molecule has 0 amide bonds. The van der Waals surface area contributed by atoms with Crippen LogP contribution in [0.15, 0.2) is 0 Å². The average molecular weight is 213 g/mol. The molecule has 0 spiro atoms. The van der Waals surface area contributed by atoms with Gasteiger partial charge in [0.15, 0.2) is 0 Å². The molecule has 0 aliphatic carbocycles. The van der Waals surface area contributed by atoms with Crippen LogP contribution < -0.4 is 0 Å². The Hall–Kier alpha value is -0.630. The lowest BCUT2D eigenvalue weighted by Gasteiger charge is -2.07. The molecule has 0 aromatic heterocycles. The summed E-state index contributed by atoms with van der Waals surface area (Å²) in [6.07, 6.45) is 3.46. The number of hydrogen-bond acceptors (Lipinski definition) is 4. The number of nitrogens with zero attached hydrogens (tertiary/aromatic N) is 1. The van der Waals surface area contributed by atoms with Gasteiger partial charge in [0.1, 0.15) is 6.79 Å². The molecule has 4 nitrogen and oxygen atoms in total. The van der Waals surface area contributed by atoms with Crippen molar-refractivity contribution in [1.82, 2.24) is 0 Å². The number of methoxy groups -OCH3 is 1. The molecule has 3 atom stereocenters. The van der Waals surface area contributed by atoms with Crippen LogP contribution in [0.25, 0.3) is 0 Å². The first kappa shape index (κ1) is 12.4. The summed E-state index contributed by atoms with van der Waals surface area (Å²) in [7, 11) is 1.59. The summed E-state index contributed by atoms with van der Waals surface area (Å²) in [5.41, 5.74) is 0. The fourth-order valence-corrected chi connectivity index (χ4v) is 1.54. The third-order valence-electron chi connectivity index (χ3n) is 2.63. The topological polar surface area (TPSA) is 54.8 Å². The van der Waals surface area contributed by atoms with E-state index in [9.17, 15) is 0 Å². The van der Waals surface area contributed by atoms with Crippen molar-refractivity contribution < 1.29 is 14.2 Å². The summed E-state index contributed by atoms with van der Waals surface area (Å²) in [5, 5.41) is 8.90. The first-order chi connectivity index (χ1) is 7.27. The van der Waals surface area contributed by atoms with E-state index in [1.54, 1.807) is 7.11 Å². The van der Waals surface area contributed by atoms with Crippen LogP contribution in [-0.2, 0) is 14.2 Å². The Morgan fingerprint density at radius 2 is 2.20 bits per heavy atom. The fraction of sp³-hybridized carbons (Fsp3) is 0.909. The largest absolute Gasteiger partial charge is 0.370 e. The maximum Gasteiger partial charge on any atom is 0.146 e. The van der Waals surface area contributed by atoms with Crippen molar-refractivity contribution in [3.63, 3.8) is 0 Å². The van der Waals surface area contributed by atoms with Crippen LogP contribution in [0.1, 0.15) is 26.2 Å². The molecule has 0 N–H and O–H groups in total. The van der Waals surface area contributed by atoms with Gasteiger partial charge in [0, 0.05) is 13.0 Å². The number of rotatable bonds is 8. The Morgan fingerprint density at radius 3 is 2.73 bits per heavy atom. The number of epoxide rings is 1. The zero-order chi connectivity index (χ0) is 11.1. The maximum absolute atomic E-state index is 8.90. The van der Waals surface area contributed by atoms with E-state index < -0.39 is 0 Å². The Bertz CT molecular complexity index is 214. The van der Waals surface area contributed by atoms with Crippen molar-refractivity contribution >= 4 is 0 Å². The van der Waals surface area contributed by atoms with E-state index in [2.05, 4.69) is 13.0 Å². The smallest absolute Gasteiger partial charge is 0.146 e. The molecule has 4 heteroatoms. The van der Waals surface area contributed by atoms with E-state index >= 15 is 0 Å². The van der Waals surface area contributed by atoms with E-state index in [1.807, 2.05) is 0 Å². The highest BCUT2D eigenvalue weighted by Crippen LogP contribution is 2.27. The number of ether oxygens (including phenoxy) is 3. The van der Waals surface area contributed by atoms with Gasteiger partial charge in [0.05, 0.1) is 24.9 Å². The van der Waals surface area contributed by atoms with Gasteiger partial charge in [0.25, 0.3) is 0 Å². The lowest BCUT2D eigenvalue weighted by atomic mass is 10.00. The standard InChI is InChI=1S/C11H19NO3/c1-9-11(15-9)4-3-10(7-12)5-6-14-8-13-2/h9-11H,3-6,8H2,1-2H3/t9-,10+,11+/m1/s1. The van der Waals surface area contributed by atoms with E-state index in [0.29, 0.717) is 25.6 Å². The van der Waals surface area contributed by atoms with Gasteiger partial charge in [-0.15, -0.1) is 0 Å². The van der Waals surface area contributed by atoms with Crippen molar-refractivity contribution in [2.75, 3.05) is 20.5 Å². The predicted molar refractivity (Wildman–Crippen MR) is 55.1 cm³/mol. The molecule has 86 valence electrons. The number of hydrogen-bond donors (Lipinski definition) is 0. The molecular weight excluding hydrogens is 194 g/mol. The highest BCUT2D eigenvalue weighted by molar-refractivity contribution is 4.87. The second kappa shape index (κ2) is 6.78. The van der Waals surface area contributed by atoms with Gasteiger partial charge in [-0.05, 0) is 26.2 Å². The van der Waals surface area contributed by atoms with Gasteiger partial charge in [-0.3, -0.25) is 0 Å². The van der Waals surface area contributed by atoms with Gasteiger partial charge in [-0.25, -0.2) is 0 Å². The molecule has 1 aliphatic rings. The van der Waals surface area contributed by atoms with Crippen LogP contribution in [-0.4, -0.2) is 32.7 Å². The van der Waals surface area contributed by atoms with Gasteiger partial charge in [-0.2, -0.15) is 5.26 Å².